The summed E-state index contributed by atoms with van der Waals surface area (Å²) >= 11 is 0. The Kier molecular flexibility index (Phi) is 3.51. The van der Waals surface area contributed by atoms with Crippen molar-refractivity contribution in [2.24, 2.45) is 10.9 Å². The van der Waals surface area contributed by atoms with Crippen LogP contribution in [-0.4, -0.2) is 12.0 Å². The number of hydrogen-bond donors (Lipinski definition) is 0. The third kappa shape index (κ3) is 2.32. The second kappa shape index (κ2) is 5.46. The Bertz CT molecular complexity index is 681. The number of rotatable bonds is 2. The first-order valence-corrected chi connectivity index (χ1v) is 7.07. The molecule has 1 saturated carbocycles. The molecule has 4 heteroatoms. The second-order valence-corrected chi connectivity index (χ2v) is 5.27. The molecule has 1 aliphatic heterocycles. The molecule has 2 aliphatic rings. The first kappa shape index (κ1) is 12.9. The molecule has 1 unspecified atom stereocenters. The lowest BCUT2D eigenvalue weighted by Gasteiger charge is -2.26. The summed E-state index contributed by atoms with van der Waals surface area (Å²) in [7, 11) is 0. The number of nitrogens with zero attached hydrogens (tertiary/aromatic N) is 2. The summed E-state index contributed by atoms with van der Waals surface area (Å²) in [6.07, 6.45) is 5.64. The van der Waals surface area contributed by atoms with E-state index in [4.69, 9.17) is 4.74 Å². The van der Waals surface area contributed by atoms with Crippen LogP contribution in [0.4, 0.5) is 0 Å². The Morgan fingerprint density at radius 2 is 1.95 bits per heavy atom. The van der Waals surface area contributed by atoms with Crippen LogP contribution >= 0.6 is 0 Å². The fourth-order valence-corrected chi connectivity index (χ4v) is 2.84. The Morgan fingerprint density at radius 1 is 1.20 bits per heavy atom. The molecule has 0 bridgehead atoms. The molecule has 0 N–H and O–H groups in total. The number of carbonyl (C=O) groups is 1. The molecule has 1 atom stereocenters. The van der Waals surface area contributed by atoms with Gasteiger partial charge in [-0.1, -0.05) is 18.6 Å². The number of fused-ring (bicyclic) bond motifs is 1. The maximum absolute atomic E-state index is 12.0. The van der Waals surface area contributed by atoms with E-state index in [2.05, 4.69) is 4.99 Å². The minimum atomic E-state index is -0.896. The third-order valence-corrected chi connectivity index (χ3v) is 3.88. The van der Waals surface area contributed by atoms with Gasteiger partial charge in [0, 0.05) is 5.22 Å². The van der Waals surface area contributed by atoms with Crippen molar-refractivity contribution in [2.45, 2.75) is 38.2 Å². The maximum Gasteiger partial charge on any atom is 0.271 e. The minimum absolute atomic E-state index is 0.119. The second-order valence-electron chi connectivity index (χ2n) is 5.27. The minimum Gasteiger partial charge on any atom is -0.492 e. The summed E-state index contributed by atoms with van der Waals surface area (Å²) in [6.45, 7) is 0. The van der Waals surface area contributed by atoms with E-state index < -0.39 is 11.8 Å². The number of para-hydroxylation sites is 1. The highest BCUT2D eigenvalue weighted by Crippen LogP contribution is 2.26. The zero-order chi connectivity index (χ0) is 13.9. The smallest absolute Gasteiger partial charge is 0.271 e. The van der Waals surface area contributed by atoms with E-state index in [0.717, 1.165) is 30.9 Å². The molecule has 1 amide bonds. The van der Waals surface area contributed by atoms with Crippen molar-refractivity contribution in [2.75, 3.05) is 0 Å². The molecular weight excluding hydrogens is 252 g/mol. The average molecular weight is 268 g/mol. The SMILES string of the molecule is N#CC1C(=O)N=c2ccccc2=C1OC1CCCCC1. The van der Waals surface area contributed by atoms with Crippen LogP contribution in [0.5, 0.6) is 0 Å². The zero-order valence-electron chi connectivity index (χ0n) is 11.2. The molecule has 4 nitrogen and oxygen atoms in total. The Labute approximate surface area is 117 Å². The lowest BCUT2D eigenvalue weighted by atomic mass is 9.96. The van der Waals surface area contributed by atoms with E-state index in [1.165, 1.54) is 6.42 Å². The summed E-state index contributed by atoms with van der Waals surface area (Å²) in [5, 5.41) is 10.6. The van der Waals surface area contributed by atoms with Crippen molar-refractivity contribution < 1.29 is 9.53 Å². The van der Waals surface area contributed by atoms with Gasteiger partial charge < -0.3 is 4.74 Å². The zero-order valence-corrected chi connectivity index (χ0v) is 11.2. The molecule has 1 aliphatic carbocycles. The summed E-state index contributed by atoms with van der Waals surface area (Å²) in [4.78, 5) is 15.9. The summed E-state index contributed by atoms with van der Waals surface area (Å²) < 4.78 is 6.05. The van der Waals surface area contributed by atoms with Gasteiger partial charge in [-0.2, -0.15) is 5.26 Å². The maximum atomic E-state index is 12.0. The summed E-state index contributed by atoms with van der Waals surface area (Å²) in [6, 6.07) is 9.39. The lowest BCUT2D eigenvalue weighted by molar-refractivity contribution is -0.119. The Hall–Kier alpha value is -2.15. The first-order valence-electron chi connectivity index (χ1n) is 7.07. The Morgan fingerprint density at radius 3 is 2.70 bits per heavy atom. The van der Waals surface area contributed by atoms with Crippen molar-refractivity contribution in [1.29, 1.82) is 5.26 Å². The highest BCUT2D eigenvalue weighted by atomic mass is 16.5. The Balaban J connectivity index is 2.05. The van der Waals surface area contributed by atoms with Crippen molar-refractivity contribution in [3.05, 3.63) is 34.8 Å². The van der Waals surface area contributed by atoms with Crippen LogP contribution in [0, 0.1) is 17.2 Å². The van der Waals surface area contributed by atoms with E-state index in [1.807, 2.05) is 24.3 Å². The number of benzene rings is 1. The largest absolute Gasteiger partial charge is 0.492 e. The monoisotopic (exact) mass is 268 g/mol. The first-order chi connectivity index (χ1) is 9.79. The van der Waals surface area contributed by atoms with E-state index in [0.29, 0.717) is 11.1 Å². The summed E-state index contributed by atoms with van der Waals surface area (Å²) in [5.74, 6) is -0.821. The normalized spacial score (nSPS) is 22.6. The molecule has 0 aromatic heterocycles. The molecule has 3 rings (SSSR count). The van der Waals surface area contributed by atoms with Crippen LogP contribution in [0.15, 0.2) is 29.3 Å². The van der Waals surface area contributed by atoms with E-state index >= 15 is 0 Å². The predicted molar refractivity (Wildman–Crippen MR) is 72.7 cm³/mol. The van der Waals surface area contributed by atoms with E-state index in [9.17, 15) is 10.1 Å². The van der Waals surface area contributed by atoms with Gasteiger partial charge in [-0.05, 0) is 37.8 Å². The molecule has 1 aromatic rings. The fraction of sp³-hybridized carbons (Fsp3) is 0.438. The lowest BCUT2D eigenvalue weighted by Crippen LogP contribution is -2.39. The van der Waals surface area contributed by atoms with Crippen LogP contribution < -0.4 is 10.6 Å². The third-order valence-electron chi connectivity index (χ3n) is 3.88. The van der Waals surface area contributed by atoms with Crippen molar-refractivity contribution in [1.82, 2.24) is 0 Å². The average Bonchev–Trinajstić information content (AvgIpc) is 2.48. The quantitative estimate of drug-likeness (QED) is 0.815. The number of nitriles is 1. The van der Waals surface area contributed by atoms with Crippen LogP contribution in [0.2, 0.25) is 0 Å². The molecule has 0 saturated heterocycles. The van der Waals surface area contributed by atoms with Gasteiger partial charge in [-0.25, -0.2) is 4.99 Å². The molecule has 0 radical (unpaired) electrons. The fourth-order valence-electron chi connectivity index (χ4n) is 2.84. The van der Waals surface area contributed by atoms with Gasteiger partial charge in [-0.3, -0.25) is 4.79 Å². The van der Waals surface area contributed by atoms with Crippen LogP contribution in [0.1, 0.15) is 32.1 Å². The van der Waals surface area contributed by atoms with Gasteiger partial charge in [-0.15, -0.1) is 0 Å². The van der Waals surface area contributed by atoms with Crippen LogP contribution in [0.3, 0.4) is 0 Å². The van der Waals surface area contributed by atoms with Crippen molar-refractivity contribution >= 4 is 11.7 Å². The van der Waals surface area contributed by atoms with Gasteiger partial charge in [0.25, 0.3) is 5.91 Å². The topological polar surface area (TPSA) is 62.5 Å². The van der Waals surface area contributed by atoms with Crippen LogP contribution in [-0.2, 0) is 9.53 Å². The molecule has 1 fully saturated rings. The molecule has 1 heterocycles. The highest BCUT2D eigenvalue weighted by Gasteiger charge is 2.30. The highest BCUT2D eigenvalue weighted by molar-refractivity contribution is 5.91. The number of carbonyl (C=O) groups excluding carboxylic acids is 1. The van der Waals surface area contributed by atoms with Crippen LogP contribution in [0.25, 0.3) is 5.76 Å². The number of ether oxygens (including phenoxy) is 1. The number of amides is 1. The number of hydrogen-bond acceptors (Lipinski definition) is 3. The molecule has 1 aromatic carbocycles. The van der Waals surface area contributed by atoms with Crippen molar-refractivity contribution in [3.8, 4) is 6.07 Å². The molecule has 102 valence electrons. The van der Waals surface area contributed by atoms with E-state index in [-0.39, 0.29) is 6.10 Å². The van der Waals surface area contributed by atoms with Gasteiger partial charge >= 0.3 is 0 Å². The molecule has 0 spiro atoms. The van der Waals surface area contributed by atoms with Gasteiger partial charge in [0.2, 0.25) is 0 Å². The van der Waals surface area contributed by atoms with Gasteiger partial charge in [0.1, 0.15) is 5.76 Å². The van der Waals surface area contributed by atoms with Gasteiger partial charge in [0.15, 0.2) is 5.92 Å². The van der Waals surface area contributed by atoms with E-state index in [1.54, 1.807) is 6.07 Å². The molecular formula is C16H16N2O2. The van der Waals surface area contributed by atoms with Gasteiger partial charge in [0.05, 0.1) is 17.5 Å². The predicted octanol–water partition coefficient (Wildman–Crippen LogP) is 1.44. The summed E-state index contributed by atoms with van der Waals surface area (Å²) in [5.41, 5.74) is 0. The van der Waals surface area contributed by atoms with Crippen molar-refractivity contribution in [3.63, 3.8) is 0 Å². The molecule has 20 heavy (non-hydrogen) atoms. The standard InChI is InChI=1S/C16H16N2O2/c17-10-13-15(20-11-6-2-1-3-7-11)12-8-4-5-9-14(12)18-16(13)19/h4-5,8-9,11,13H,1-3,6-7H2.